The van der Waals surface area contributed by atoms with Gasteiger partial charge in [0.15, 0.2) is 5.69 Å². The molecule has 0 radical (unpaired) electrons. The zero-order valence-corrected chi connectivity index (χ0v) is 15.5. The molecule has 0 aliphatic rings. The van der Waals surface area contributed by atoms with Crippen molar-refractivity contribution in [2.24, 2.45) is 0 Å². The van der Waals surface area contributed by atoms with Gasteiger partial charge in [-0.05, 0) is 30.7 Å². The molecule has 0 spiro atoms. The minimum absolute atomic E-state index is 0.210. The van der Waals surface area contributed by atoms with Crippen molar-refractivity contribution in [3.8, 4) is 5.69 Å². The summed E-state index contributed by atoms with van der Waals surface area (Å²) in [6.07, 6.45) is -3.93. The number of ether oxygens (including phenoxy) is 1. The average Bonchev–Trinajstić information content (AvgIpc) is 3.28. The third-order valence-corrected chi connectivity index (χ3v) is 4.84. The molecule has 2 aromatic heterocycles. The molecule has 0 aliphatic heterocycles. The highest BCUT2D eigenvalue weighted by atomic mass is 32.1. The number of rotatable bonds is 4. The molecule has 1 N–H and O–H groups in total. The fourth-order valence-electron chi connectivity index (χ4n) is 2.57. The topological polar surface area (TPSA) is 73.2 Å². The molecular formula is C18H14F3N3O3S. The largest absolute Gasteiger partial charge is 0.465 e. The number of carbonyl (C=O) groups is 2. The number of esters is 1. The van der Waals surface area contributed by atoms with Crippen molar-refractivity contribution in [2.75, 3.05) is 12.4 Å². The number of methoxy groups -OCH3 is 1. The molecule has 6 nitrogen and oxygen atoms in total. The van der Waals surface area contributed by atoms with E-state index in [9.17, 15) is 22.8 Å². The van der Waals surface area contributed by atoms with Crippen molar-refractivity contribution in [3.63, 3.8) is 0 Å². The van der Waals surface area contributed by atoms with Crippen molar-refractivity contribution in [1.82, 2.24) is 9.78 Å². The lowest BCUT2D eigenvalue weighted by atomic mass is 10.1. The molecule has 3 aromatic rings. The fourth-order valence-corrected chi connectivity index (χ4v) is 3.39. The number of amides is 1. The fraction of sp³-hybridized carbons (Fsp3) is 0.167. The Morgan fingerprint density at radius 1 is 1.18 bits per heavy atom. The maximum atomic E-state index is 13.7. The molecule has 28 heavy (non-hydrogen) atoms. The van der Waals surface area contributed by atoms with E-state index in [1.807, 2.05) is 0 Å². The van der Waals surface area contributed by atoms with Crippen LogP contribution in [0.1, 0.15) is 31.3 Å². The van der Waals surface area contributed by atoms with Gasteiger partial charge in [-0.25, -0.2) is 9.48 Å². The van der Waals surface area contributed by atoms with Crippen LogP contribution in [0, 0.1) is 6.92 Å². The molecular weight excluding hydrogens is 395 g/mol. The number of benzene rings is 1. The molecule has 1 aromatic carbocycles. The molecule has 3 rings (SSSR count). The summed E-state index contributed by atoms with van der Waals surface area (Å²) in [6, 6.07) is 9.24. The van der Waals surface area contributed by atoms with E-state index >= 15 is 0 Å². The van der Waals surface area contributed by atoms with Gasteiger partial charge >= 0.3 is 12.1 Å². The van der Waals surface area contributed by atoms with Gasteiger partial charge in [-0.15, -0.1) is 11.3 Å². The van der Waals surface area contributed by atoms with Gasteiger partial charge < -0.3 is 10.1 Å². The van der Waals surface area contributed by atoms with Crippen LogP contribution in [-0.2, 0) is 10.9 Å². The Morgan fingerprint density at radius 3 is 2.54 bits per heavy atom. The Hall–Kier alpha value is -3.14. The van der Waals surface area contributed by atoms with Gasteiger partial charge in [-0.2, -0.15) is 18.3 Å². The van der Waals surface area contributed by atoms with E-state index in [-0.39, 0.29) is 15.6 Å². The van der Waals surface area contributed by atoms with Gasteiger partial charge in [-0.1, -0.05) is 18.2 Å². The Bertz CT molecular complexity index is 1040. The van der Waals surface area contributed by atoms with Gasteiger partial charge in [0.2, 0.25) is 0 Å². The van der Waals surface area contributed by atoms with Crippen molar-refractivity contribution >= 4 is 28.2 Å². The quantitative estimate of drug-likeness (QED) is 0.652. The van der Waals surface area contributed by atoms with Crippen molar-refractivity contribution in [1.29, 1.82) is 0 Å². The number of thiophene rings is 1. The molecule has 1 amide bonds. The Morgan fingerprint density at radius 2 is 1.89 bits per heavy atom. The highest BCUT2D eigenvalue weighted by Gasteiger charge is 2.40. The van der Waals surface area contributed by atoms with Crippen LogP contribution in [-0.4, -0.2) is 28.8 Å². The first kappa shape index (κ1) is 19.6. The molecule has 0 fully saturated rings. The number of anilines is 1. The third-order valence-electron chi connectivity index (χ3n) is 3.86. The van der Waals surface area contributed by atoms with Crippen LogP contribution in [0.2, 0.25) is 0 Å². The lowest BCUT2D eigenvalue weighted by Crippen LogP contribution is -2.20. The molecule has 0 atom stereocenters. The van der Waals surface area contributed by atoms with E-state index < -0.39 is 29.3 Å². The van der Waals surface area contributed by atoms with Gasteiger partial charge in [0, 0.05) is 0 Å². The number of carbonyl (C=O) groups excluding carboxylic acids is 2. The van der Waals surface area contributed by atoms with E-state index in [1.54, 1.807) is 25.1 Å². The number of hydrogen-bond acceptors (Lipinski definition) is 5. The van der Waals surface area contributed by atoms with Gasteiger partial charge in [0.25, 0.3) is 5.91 Å². The minimum Gasteiger partial charge on any atom is -0.465 e. The molecule has 0 bridgehead atoms. The minimum atomic E-state index is -4.81. The summed E-state index contributed by atoms with van der Waals surface area (Å²) in [5.74, 6) is -1.58. The van der Waals surface area contributed by atoms with E-state index in [2.05, 4.69) is 15.2 Å². The highest BCUT2D eigenvalue weighted by Crippen LogP contribution is 2.35. The second-order valence-corrected chi connectivity index (χ2v) is 6.80. The summed E-state index contributed by atoms with van der Waals surface area (Å²) < 4.78 is 46.4. The summed E-state index contributed by atoms with van der Waals surface area (Å²) in [5, 5.41) is 6.37. The number of aryl methyl sites for hydroxylation is 1. The maximum Gasteiger partial charge on any atom is 0.434 e. The molecule has 10 heteroatoms. The summed E-state index contributed by atoms with van der Waals surface area (Å²) >= 11 is 0.893. The number of alkyl halides is 3. The summed E-state index contributed by atoms with van der Waals surface area (Å²) in [4.78, 5) is 24.2. The number of aromatic nitrogens is 2. The van der Waals surface area contributed by atoms with Crippen LogP contribution >= 0.6 is 11.3 Å². The molecule has 2 heterocycles. The first-order chi connectivity index (χ1) is 13.2. The second-order valence-electron chi connectivity index (χ2n) is 5.71. The summed E-state index contributed by atoms with van der Waals surface area (Å²) in [5.41, 5.74) is -1.00. The lowest BCUT2D eigenvalue weighted by molar-refractivity contribution is -0.143. The van der Waals surface area contributed by atoms with Crippen LogP contribution < -0.4 is 5.32 Å². The zero-order valence-electron chi connectivity index (χ0n) is 14.7. The van der Waals surface area contributed by atoms with Crippen LogP contribution in [0.4, 0.5) is 18.2 Å². The summed E-state index contributed by atoms with van der Waals surface area (Å²) in [7, 11) is 1.20. The van der Waals surface area contributed by atoms with Crippen LogP contribution in [0.15, 0.2) is 42.6 Å². The molecule has 0 saturated carbocycles. The van der Waals surface area contributed by atoms with Crippen LogP contribution in [0.3, 0.4) is 0 Å². The van der Waals surface area contributed by atoms with Crippen molar-refractivity contribution in [2.45, 2.75) is 13.1 Å². The predicted octanol–water partition coefficient (Wildman–Crippen LogP) is 4.30. The first-order valence-corrected chi connectivity index (χ1v) is 8.74. The van der Waals surface area contributed by atoms with Crippen LogP contribution in [0.25, 0.3) is 5.69 Å². The number of nitrogens with one attached hydrogen (secondary N) is 1. The lowest BCUT2D eigenvalue weighted by Gasteiger charge is -2.14. The van der Waals surface area contributed by atoms with E-state index in [1.165, 1.54) is 25.3 Å². The van der Waals surface area contributed by atoms with E-state index in [0.717, 1.165) is 17.5 Å². The monoisotopic (exact) mass is 409 g/mol. The Kier molecular flexibility index (Phi) is 5.23. The van der Waals surface area contributed by atoms with Gasteiger partial charge in [0.1, 0.15) is 4.88 Å². The average molecular weight is 409 g/mol. The van der Waals surface area contributed by atoms with E-state index in [0.29, 0.717) is 10.2 Å². The number of nitrogens with zero attached hydrogens (tertiary/aromatic N) is 2. The van der Waals surface area contributed by atoms with Crippen molar-refractivity contribution in [3.05, 3.63) is 64.3 Å². The predicted molar refractivity (Wildman–Crippen MR) is 96.9 cm³/mol. The summed E-state index contributed by atoms with van der Waals surface area (Å²) in [6.45, 7) is 1.65. The molecule has 0 aliphatic carbocycles. The number of halogens is 3. The van der Waals surface area contributed by atoms with Gasteiger partial charge in [0.05, 0.1) is 29.6 Å². The zero-order chi connectivity index (χ0) is 20.5. The molecule has 0 unspecified atom stereocenters. The second kappa shape index (κ2) is 7.47. The third kappa shape index (κ3) is 3.77. The van der Waals surface area contributed by atoms with Crippen molar-refractivity contribution < 1.29 is 27.5 Å². The normalized spacial score (nSPS) is 11.3. The van der Waals surface area contributed by atoms with Gasteiger partial charge in [-0.3, -0.25) is 4.79 Å². The number of para-hydroxylation sites is 1. The van der Waals surface area contributed by atoms with Crippen LogP contribution in [0.5, 0.6) is 0 Å². The highest BCUT2D eigenvalue weighted by molar-refractivity contribution is 7.18. The molecule has 146 valence electrons. The standard InChI is InChI=1S/C18H14F3N3O3S/c1-10-5-3-4-6-12(10)24-15(18(19,20)21)11(9-22-24)16(25)23-14-8-7-13(28-14)17(26)27-2/h3-9H,1-2H3,(H,23,25). The first-order valence-electron chi connectivity index (χ1n) is 7.93. The molecule has 0 saturated heterocycles. The number of hydrogen-bond donors (Lipinski definition) is 1. The Labute approximate surface area is 161 Å². The van der Waals surface area contributed by atoms with E-state index in [4.69, 9.17) is 0 Å². The SMILES string of the molecule is COC(=O)c1ccc(NC(=O)c2cnn(-c3ccccc3C)c2C(F)(F)F)s1. The Balaban J connectivity index is 1.98. The smallest absolute Gasteiger partial charge is 0.434 e. The maximum absolute atomic E-state index is 13.7.